The van der Waals surface area contributed by atoms with Gasteiger partial charge in [-0.2, -0.15) is 0 Å². The third-order valence-electron chi connectivity index (χ3n) is 4.65. The van der Waals surface area contributed by atoms with Crippen molar-refractivity contribution in [1.82, 2.24) is 9.97 Å². The lowest BCUT2D eigenvalue weighted by molar-refractivity contribution is -0.149. The van der Waals surface area contributed by atoms with Crippen molar-refractivity contribution in [2.24, 2.45) is 5.41 Å². The van der Waals surface area contributed by atoms with Crippen LogP contribution in [0.5, 0.6) is 0 Å². The SMILES string of the molecule is CSc1c(F)c(F)c(COC(=O)C(c2cnc(C(C)(C)C)nc2)C(C)(C)C)c(F)c1F. The molecule has 9 heteroatoms. The Kier molecular flexibility index (Phi) is 7.40. The van der Waals surface area contributed by atoms with Gasteiger partial charge < -0.3 is 4.74 Å². The molecule has 0 aliphatic heterocycles. The molecular formula is C22H26F4N2O2S. The van der Waals surface area contributed by atoms with Gasteiger partial charge in [0.15, 0.2) is 23.3 Å². The number of ether oxygens (including phenoxy) is 1. The zero-order chi connectivity index (χ0) is 23.7. The molecule has 1 aromatic heterocycles. The van der Waals surface area contributed by atoms with Gasteiger partial charge in [0, 0.05) is 23.4 Å². The molecule has 170 valence electrons. The topological polar surface area (TPSA) is 52.1 Å². The fourth-order valence-corrected chi connectivity index (χ4v) is 3.59. The zero-order valence-corrected chi connectivity index (χ0v) is 19.4. The summed E-state index contributed by atoms with van der Waals surface area (Å²) in [6, 6.07) is 0. The van der Waals surface area contributed by atoms with Crippen LogP contribution in [0.2, 0.25) is 0 Å². The zero-order valence-electron chi connectivity index (χ0n) is 18.6. The van der Waals surface area contributed by atoms with Crippen molar-refractivity contribution in [3.8, 4) is 0 Å². The molecule has 0 N–H and O–H groups in total. The van der Waals surface area contributed by atoms with Crippen LogP contribution < -0.4 is 0 Å². The van der Waals surface area contributed by atoms with Gasteiger partial charge >= 0.3 is 5.97 Å². The molecule has 2 rings (SSSR count). The number of hydrogen-bond acceptors (Lipinski definition) is 5. The summed E-state index contributed by atoms with van der Waals surface area (Å²) < 4.78 is 61.6. The summed E-state index contributed by atoms with van der Waals surface area (Å²) in [5, 5.41) is 0. The minimum absolute atomic E-state index is 0.289. The first-order valence-corrected chi connectivity index (χ1v) is 10.8. The van der Waals surface area contributed by atoms with Crippen LogP contribution in [0.25, 0.3) is 0 Å². The van der Waals surface area contributed by atoms with Crippen LogP contribution in [0.4, 0.5) is 17.6 Å². The summed E-state index contributed by atoms with van der Waals surface area (Å²) in [5.74, 6) is -7.29. The first-order chi connectivity index (χ1) is 14.2. The molecule has 1 heterocycles. The minimum Gasteiger partial charge on any atom is -0.460 e. The van der Waals surface area contributed by atoms with Gasteiger partial charge in [0.2, 0.25) is 0 Å². The van der Waals surface area contributed by atoms with E-state index in [0.717, 1.165) is 0 Å². The van der Waals surface area contributed by atoms with E-state index >= 15 is 0 Å². The second-order valence-corrected chi connectivity index (χ2v) is 10.1. The lowest BCUT2D eigenvalue weighted by atomic mass is 9.77. The number of carbonyl (C=O) groups excluding carboxylic acids is 1. The summed E-state index contributed by atoms with van der Waals surface area (Å²) in [6.45, 7) is 10.2. The van der Waals surface area contributed by atoms with Crippen molar-refractivity contribution in [2.75, 3.05) is 6.26 Å². The number of benzene rings is 1. The first-order valence-electron chi connectivity index (χ1n) is 9.58. The second kappa shape index (κ2) is 9.14. The Balaban J connectivity index is 2.34. The fourth-order valence-electron chi connectivity index (χ4n) is 3.05. The number of esters is 1. The quantitative estimate of drug-likeness (QED) is 0.241. The molecule has 2 aromatic rings. The maximum absolute atomic E-state index is 14.2. The summed E-state index contributed by atoms with van der Waals surface area (Å²) in [6.07, 6.45) is 4.32. The van der Waals surface area contributed by atoms with Gasteiger partial charge in [-0.25, -0.2) is 27.5 Å². The van der Waals surface area contributed by atoms with Crippen LogP contribution in [-0.4, -0.2) is 22.2 Å². The van der Waals surface area contributed by atoms with Gasteiger partial charge in [-0.1, -0.05) is 41.5 Å². The molecule has 1 atom stereocenters. The molecule has 0 bridgehead atoms. The largest absolute Gasteiger partial charge is 0.460 e. The normalized spacial score (nSPS) is 13.3. The number of nitrogens with zero attached hydrogens (tertiary/aromatic N) is 2. The number of aromatic nitrogens is 2. The lowest BCUT2D eigenvalue weighted by Crippen LogP contribution is -2.29. The van der Waals surface area contributed by atoms with Crippen molar-refractivity contribution in [3.05, 3.63) is 52.6 Å². The smallest absolute Gasteiger partial charge is 0.314 e. The third kappa shape index (κ3) is 5.37. The summed E-state index contributed by atoms with van der Waals surface area (Å²) in [4.78, 5) is 20.7. The molecule has 0 fully saturated rings. The Morgan fingerprint density at radius 3 is 1.84 bits per heavy atom. The monoisotopic (exact) mass is 458 g/mol. The highest BCUT2D eigenvalue weighted by Crippen LogP contribution is 2.37. The van der Waals surface area contributed by atoms with E-state index in [1.807, 2.05) is 20.8 Å². The van der Waals surface area contributed by atoms with Crippen LogP contribution in [-0.2, 0) is 21.6 Å². The number of carbonyl (C=O) groups is 1. The Labute approximate surface area is 183 Å². The Hall–Kier alpha value is -2.16. The van der Waals surface area contributed by atoms with E-state index in [-0.39, 0.29) is 5.41 Å². The van der Waals surface area contributed by atoms with Crippen molar-refractivity contribution in [3.63, 3.8) is 0 Å². The van der Waals surface area contributed by atoms with Crippen LogP contribution in [0.3, 0.4) is 0 Å². The van der Waals surface area contributed by atoms with Crippen LogP contribution in [0.1, 0.15) is 64.4 Å². The molecule has 0 amide bonds. The van der Waals surface area contributed by atoms with Gasteiger partial charge in [0.05, 0.1) is 16.4 Å². The summed E-state index contributed by atoms with van der Waals surface area (Å²) in [7, 11) is 0. The third-order valence-corrected chi connectivity index (χ3v) is 5.42. The maximum Gasteiger partial charge on any atom is 0.314 e. The van der Waals surface area contributed by atoms with Crippen molar-refractivity contribution in [1.29, 1.82) is 0 Å². The van der Waals surface area contributed by atoms with E-state index in [1.54, 1.807) is 20.8 Å². The van der Waals surface area contributed by atoms with E-state index < -0.39 is 57.6 Å². The molecule has 31 heavy (non-hydrogen) atoms. The van der Waals surface area contributed by atoms with Crippen molar-refractivity contribution >= 4 is 17.7 Å². The second-order valence-electron chi connectivity index (χ2n) is 9.26. The maximum atomic E-state index is 14.2. The van der Waals surface area contributed by atoms with E-state index in [0.29, 0.717) is 23.1 Å². The molecule has 0 saturated heterocycles. The Morgan fingerprint density at radius 1 is 0.968 bits per heavy atom. The van der Waals surface area contributed by atoms with E-state index in [2.05, 4.69) is 9.97 Å². The average molecular weight is 459 g/mol. The van der Waals surface area contributed by atoms with Crippen molar-refractivity contribution < 1.29 is 27.1 Å². The molecule has 0 saturated carbocycles. The minimum atomic E-state index is -1.58. The number of thioether (sulfide) groups is 1. The highest BCUT2D eigenvalue weighted by Gasteiger charge is 2.36. The average Bonchev–Trinajstić information content (AvgIpc) is 2.65. The van der Waals surface area contributed by atoms with Gasteiger partial charge in [-0.05, 0) is 11.7 Å². The number of hydrogen-bond donors (Lipinski definition) is 0. The number of rotatable bonds is 5. The van der Waals surface area contributed by atoms with Gasteiger partial charge in [0.1, 0.15) is 12.4 Å². The van der Waals surface area contributed by atoms with Crippen LogP contribution >= 0.6 is 11.8 Å². The standard InChI is InChI=1S/C22H26F4N2O2S/c1-21(2,3)13(11-8-27-20(28-9-11)22(4,5)6)19(29)30-10-12-14(23)16(25)18(31-7)17(26)15(12)24/h8-9,13H,10H2,1-7H3. The number of halogens is 4. The fraction of sp³-hybridized carbons (Fsp3) is 0.500. The lowest BCUT2D eigenvalue weighted by Gasteiger charge is -2.29. The summed E-state index contributed by atoms with van der Waals surface area (Å²) in [5.41, 5.74) is -1.46. The molecule has 1 unspecified atom stereocenters. The van der Waals surface area contributed by atoms with Crippen molar-refractivity contribution in [2.45, 2.75) is 64.4 Å². The molecular weight excluding hydrogens is 432 g/mol. The predicted molar refractivity (Wildman–Crippen MR) is 111 cm³/mol. The first kappa shape index (κ1) is 25.1. The van der Waals surface area contributed by atoms with Gasteiger partial charge in [-0.15, -0.1) is 11.8 Å². The van der Waals surface area contributed by atoms with Crippen LogP contribution in [0, 0.1) is 28.7 Å². The van der Waals surface area contributed by atoms with Gasteiger partial charge in [-0.3, -0.25) is 4.79 Å². The highest BCUT2D eigenvalue weighted by atomic mass is 32.2. The highest BCUT2D eigenvalue weighted by molar-refractivity contribution is 7.98. The molecule has 0 aliphatic carbocycles. The molecule has 0 radical (unpaired) electrons. The Bertz CT molecular complexity index is 938. The molecule has 1 aromatic carbocycles. The summed E-state index contributed by atoms with van der Waals surface area (Å²) >= 11 is 0.540. The van der Waals surface area contributed by atoms with E-state index in [4.69, 9.17) is 4.74 Å². The molecule has 0 spiro atoms. The molecule has 0 aliphatic rings. The predicted octanol–water partition coefficient (Wildman–Crippen LogP) is 5.93. The van der Waals surface area contributed by atoms with E-state index in [9.17, 15) is 22.4 Å². The van der Waals surface area contributed by atoms with Crippen LogP contribution in [0.15, 0.2) is 17.3 Å². The van der Waals surface area contributed by atoms with E-state index in [1.165, 1.54) is 18.6 Å². The Morgan fingerprint density at radius 2 is 1.45 bits per heavy atom. The van der Waals surface area contributed by atoms with Gasteiger partial charge in [0.25, 0.3) is 0 Å². The molecule has 4 nitrogen and oxygen atoms in total.